The number of hydrogen-bond acceptors (Lipinski definition) is 7. The molecule has 1 unspecified atom stereocenters. The van der Waals surface area contributed by atoms with Gasteiger partial charge in [-0.25, -0.2) is 4.79 Å². The molecule has 0 saturated carbocycles. The molecule has 4 aromatic carbocycles. The van der Waals surface area contributed by atoms with Crippen molar-refractivity contribution in [2.45, 2.75) is 62.5 Å². The Labute approximate surface area is 312 Å². The van der Waals surface area contributed by atoms with Crippen LogP contribution in [-0.4, -0.2) is 35.5 Å². The Hall–Kier alpha value is -5.19. The third-order valence-corrected chi connectivity index (χ3v) is 11.4. The zero-order chi connectivity index (χ0) is 36.5. The SMILES string of the molecule is CCOC(=O)c1c(NC(=O)C(CC)Sc2cccc(NC(=O)/C(=C\c3cccc4ccccc34)NC(=O)c3ccccc3)c2)sc2c1CCCCC2. The van der Waals surface area contributed by atoms with E-state index in [2.05, 4.69) is 16.0 Å². The Morgan fingerprint density at radius 3 is 2.40 bits per heavy atom. The Balaban J connectivity index is 1.21. The minimum absolute atomic E-state index is 0.0841. The highest BCUT2D eigenvalue weighted by molar-refractivity contribution is 8.00. The van der Waals surface area contributed by atoms with Crippen molar-refractivity contribution in [1.82, 2.24) is 5.32 Å². The quantitative estimate of drug-likeness (QED) is 0.0511. The minimum atomic E-state index is -0.492. The molecule has 52 heavy (non-hydrogen) atoms. The molecule has 1 aliphatic carbocycles. The second-order valence-electron chi connectivity index (χ2n) is 12.4. The van der Waals surface area contributed by atoms with Gasteiger partial charge in [0.25, 0.3) is 11.8 Å². The maximum Gasteiger partial charge on any atom is 0.341 e. The molecule has 0 saturated heterocycles. The first-order valence-corrected chi connectivity index (χ1v) is 19.3. The van der Waals surface area contributed by atoms with Crippen molar-refractivity contribution in [3.05, 3.63) is 130 Å². The molecule has 10 heteroatoms. The predicted molar refractivity (Wildman–Crippen MR) is 211 cm³/mol. The van der Waals surface area contributed by atoms with E-state index < -0.39 is 23.0 Å². The predicted octanol–water partition coefficient (Wildman–Crippen LogP) is 9.27. The number of anilines is 2. The van der Waals surface area contributed by atoms with Crippen LogP contribution in [-0.2, 0) is 27.2 Å². The van der Waals surface area contributed by atoms with Gasteiger partial charge in [-0.3, -0.25) is 14.4 Å². The highest BCUT2D eigenvalue weighted by Crippen LogP contribution is 2.39. The number of carbonyl (C=O) groups is 4. The lowest BCUT2D eigenvalue weighted by Crippen LogP contribution is -2.30. The number of thiophene rings is 1. The van der Waals surface area contributed by atoms with Crippen molar-refractivity contribution in [1.29, 1.82) is 0 Å². The molecule has 6 rings (SSSR count). The van der Waals surface area contributed by atoms with Gasteiger partial charge in [0.15, 0.2) is 0 Å². The number of thioether (sulfide) groups is 1. The van der Waals surface area contributed by atoms with E-state index in [1.54, 1.807) is 43.3 Å². The third-order valence-electron chi connectivity index (χ3n) is 8.82. The second kappa shape index (κ2) is 17.4. The molecular weight excluding hydrogens is 691 g/mol. The fraction of sp³-hybridized carbons (Fsp3) is 0.238. The lowest BCUT2D eigenvalue weighted by molar-refractivity contribution is -0.116. The van der Waals surface area contributed by atoms with Crippen molar-refractivity contribution in [2.24, 2.45) is 0 Å². The number of rotatable bonds is 12. The van der Waals surface area contributed by atoms with Crippen LogP contribution in [0.25, 0.3) is 16.8 Å². The van der Waals surface area contributed by atoms with E-state index in [9.17, 15) is 19.2 Å². The Kier molecular flexibility index (Phi) is 12.2. The summed E-state index contributed by atoms with van der Waals surface area (Å²) in [6, 6.07) is 29.7. The molecule has 5 aromatic rings. The minimum Gasteiger partial charge on any atom is -0.462 e. The molecule has 3 N–H and O–H groups in total. The van der Waals surface area contributed by atoms with Gasteiger partial charge in [-0.05, 0) is 97.3 Å². The molecule has 0 fully saturated rings. The largest absolute Gasteiger partial charge is 0.462 e. The highest BCUT2D eigenvalue weighted by atomic mass is 32.2. The van der Waals surface area contributed by atoms with E-state index in [1.807, 2.05) is 73.7 Å². The average Bonchev–Trinajstić information content (AvgIpc) is 3.33. The molecule has 0 aliphatic heterocycles. The van der Waals surface area contributed by atoms with Crippen LogP contribution < -0.4 is 16.0 Å². The van der Waals surface area contributed by atoms with Gasteiger partial charge in [-0.2, -0.15) is 0 Å². The van der Waals surface area contributed by atoms with E-state index in [4.69, 9.17) is 4.74 Å². The maximum atomic E-state index is 13.9. The molecule has 1 aliphatic rings. The zero-order valence-electron chi connectivity index (χ0n) is 29.2. The summed E-state index contributed by atoms with van der Waals surface area (Å²) in [7, 11) is 0. The topological polar surface area (TPSA) is 114 Å². The molecular formula is C42H41N3O5S2. The number of carbonyl (C=O) groups excluding carboxylic acids is 4. The van der Waals surface area contributed by atoms with Crippen LogP contribution in [0.3, 0.4) is 0 Å². The first-order chi connectivity index (χ1) is 25.3. The van der Waals surface area contributed by atoms with Gasteiger partial charge in [-0.15, -0.1) is 23.1 Å². The Morgan fingerprint density at radius 1 is 0.846 bits per heavy atom. The number of nitrogens with one attached hydrogen (secondary N) is 3. The summed E-state index contributed by atoms with van der Waals surface area (Å²) in [6.45, 7) is 3.99. The number of esters is 1. The van der Waals surface area contributed by atoms with E-state index in [1.165, 1.54) is 23.1 Å². The zero-order valence-corrected chi connectivity index (χ0v) is 30.8. The van der Waals surface area contributed by atoms with Crippen molar-refractivity contribution < 1.29 is 23.9 Å². The molecule has 3 amide bonds. The van der Waals surface area contributed by atoms with Gasteiger partial charge in [-0.1, -0.05) is 80.1 Å². The van der Waals surface area contributed by atoms with Crippen molar-refractivity contribution in [3.8, 4) is 0 Å². The third kappa shape index (κ3) is 8.81. The van der Waals surface area contributed by atoms with Crippen molar-refractivity contribution in [3.63, 3.8) is 0 Å². The summed E-state index contributed by atoms with van der Waals surface area (Å²) < 4.78 is 5.40. The number of amides is 3. The lowest BCUT2D eigenvalue weighted by atomic mass is 10.0. The van der Waals surface area contributed by atoms with Crippen LogP contribution in [0.5, 0.6) is 0 Å². The van der Waals surface area contributed by atoms with Gasteiger partial charge in [0.1, 0.15) is 10.7 Å². The molecule has 1 aromatic heterocycles. The fourth-order valence-corrected chi connectivity index (χ4v) is 8.54. The summed E-state index contributed by atoms with van der Waals surface area (Å²) in [6.07, 6.45) is 7.09. The van der Waals surface area contributed by atoms with Crippen molar-refractivity contribution >= 4 is 74.3 Å². The van der Waals surface area contributed by atoms with Crippen LogP contribution in [0.4, 0.5) is 10.7 Å². The fourth-order valence-electron chi connectivity index (χ4n) is 6.25. The van der Waals surface area contributed by atoms with Gasteiger partial charge < -0.3 is 20.7 Å². The van der Waals surface area contributed by atoms with Crippen LogP contribution in [0.2, 0.25) is 0 Å². The summed E-state index contributed by atoms with van der Waals surface area (Å²) in [5, 5.41) is 10.9. The highest BCUT2D eigenvalue weighted by Gasteiger charge is 2.28. The number of benzene rings is 4. The normalized spacial score (nSPS) is 13.4. The summed E-state index contributed by atoms with van der Waals surface area (Å²) in [4.78, 5) is 55.8. The van der Waals surface area contributed by atoms with Gasteiger partial charge in [0.05, 0.1) is 17.4 Å². The van der Waals surface area contributed by atoms with Gasteiger partial charge in [0, 0.05) is 21.0 Å². The van der Waals surface area contributed by atoms with Gasteiger partial charge >= 0.3 is 5.97 Å². The van der Waals surface area contributed by atoms with E-state index in [0.29, 0.717) is 28.2 Å². The van der Waals surface area contributed by atoms with E-state index in [0.717, 1.165) is 63.8 Å². The Morgan fingerprint density at radius 2 is 1.60 bits per heavy atom. The number of aryl methyl sites for hydroxylation is 1. The smallest absolute Gasteiger partial charge is 0.341 e. The number of hydrogen-bond donors (Lipinski definition) is 3. The maximum absolute atomic E-state index is 13.9. The molecule has 0 radical (unpaired) electrons. The summed E-state index contributed by atoms with van der Waals surface area (Å²) >= 11 is 2.86. The molecule has 1 atom stereocenters. The Bertz CT molecular complexity index is 2120. The molecule has 8 nitrogen and oxygen atoms in total. The van der Waals surface area contributed by atoms with E-state index in [-0.39, 0.29) is 18.2 Å². The van der Waals surface area contributed by atoms with E-state index >= 15 is 0 Å². The van der Waals surface area contributed by atoms with Crippen LogP contribution in [0.15, 0.2) is 108 Å². The molecule has 1 heterocycles. The second-order valence-corrected chi connectivity index (χ2v) is 14.8. The standard InChI is InChI=1S/C42H41N3O5S2/c1-3-35(40(48)45-41-37(42(49)50-4-2)33-23-9-6-10-24-36(33)52-41)51-31-21-14-20-30(26-31)43-39(47)34(44-38(46)28-16-7-5-8-17-28)25-29-19-13-18-27-15-11-12-22-32(27)29/h5,7-8,11-22,25-26,35H,3-4,6,9-10,23-24H2,1-2H3,(H,43,47)(H,44,46)(H,45,48)/b34-25+. The van der Waals surface area contributed by atoms with Crippen LogP contribution in [0, 0.1) is 0 Å². The van der Waals surface area contributed by atoms with Crippen LogP contribution in [0.1, 0.15) is 76.3 Å². The molecule has 0 spiro atoms. The number of ether oxygens (including phenoxy) is 1. The average molecular weight is 732 g/mol. The molecule has 0 bridgehead atoms. The number of fused-ring (bicyclic) bond motifs is 2. The first kappa shape index (κ1) is 36.6. The van der Waals surface area contributed by atoms with Gasteiger partial charge in [0.2, 0.25) is 5.91 Å². The monoisotopic (exact) mass is 731 g/mol. The van der Waals surface area contributed by atoms with Crippen molar-refractivity contribution in [2.75, 3.05) is 17.2 Å². The summed E-state index contributed by atoms with van der Waals surface area (Å²) in [5.74, 6) is -1.49. The summed E-state index contributed by atoms with van der Waals surface area (Å²) in [5.41, 5.74) is 3.30. The van der Waals surface area contributed by atoms with Crippen LogP contribution >= 0.6 is 23.1 Å². The molecule has 266 valence electrons. The first-order valence-electron chi connectivity index (χ1n) is 17.6. The lowest BCUT2D eigenvalue weighted by Gasteiger charge is -2.16.